The Morgan fingerprint density at radius 1 is 0.913 bits per heavy atom. The molecule has 1 aliphatic rings. The SMILES string of the molecule is O=C1NC(=O)c2ccc(N=Cc3ccncc3)c3cccc1c23. The van der Waals surface area contributed by atoms with Crippen molar-refractivity contribution in [3.8, 4) is 0 Å². The van der Waals surface area contributed by atoms with Crippen molar-refractivity contribution in [1.82, 2.24) is 10.3 Å². The number of hydrogen-bond acceptors (Lipinski definition) is 4. The number of amides is 2. The molecule has 1 aromatic heterocycles. The van der Waals surface area contributed by atoms with E-state index in [9.17, 15) is 9.59 Å². The molecule has 5 heteroatoms. The van der Waals surface area contributed by atoms with E-state index in [1.54, 1.807) is 42.9 Å². The van der Waals surface area contributed by atoms with E-state index in [2.05, 4.69) is 15.3 Å². The Labute approximate surface area is 131 Å². The summed E-state index contributed by atoms with van der Waals surface area (Å²) in [7, 11) is 0. The van der Waals surface area contributed by atoms with Gasteiger partial charge in [-0.05, 0) is 35.9 Å². The molecule has 0 atom stereocenters. The second kappa shape index (κ2) is 5.14. The zero-order valence-electron chi connectivity index (χ0n) is 12.0. The van der Waals surface area contributed by atoms with Gasteiger partial charge in [0.1, 0.15) is 0 Å². The summed E-state index contributed by atoms with van der Waals surface area (Å²) >= 11 is 0. The van der Waals surface area contributed by atoms with Crippen molar-refractivity contribution in [2.45, 2.75) is 0 Å². The predicted octanol–water partition coefficient (Wildman–Crippen LogP) is 2.87. The smallest absolute Gasteiger partial charge is 0.258 e. The highest BCUT2D eigenvalue weighted by Crippen LogP contribution is 2.33. The van der Waals surface area contributed by atoms with Crippen LogP contribution in [0.2, 0.25) is 0 Å². The Balaban J connectivity index is 1.91. The molecule has 2 heterocycles. The average molecular weight is 301 g/mol. The lowest BCUT2D eigenvalue weighted by atomic mass is 9.94. The summed E-state index contributed by atoms with van der Waals surface area (Å²) in [6, 6.07) is 12.6. The molecule has 0 spiro atoms. The molecule has 3 aromatic rings. The van der Waals surface area contributed by atoms with E-state index in [1.807, 2.05) is 18.2 Å². The number of rotatable bonds is 2. The van der Waals surface area contributed by atoms with Crippen LogP contribution in [0.25, 0.3) is 10.8 Å². The number of aromatic nitrogens is 1. The van der Waals surface area contributed by atoms with E-state index >= 15 is 0 Å². The molecule has 0 aliphatic carbocycles. The fourth-order valence-electron chi connectivity index (χ4n) is 2.71. The summed E-state index contributed by atoms with van der Waals surface area (Å²) in [4.78, 5) is 32.5. The molecule has 2 amide bonds. The molecule has 23 heavy (non-hydrogen) atoms. The van der Waals surface area contributed by atoms with E-state index in [-0.39, 0.29) is 11.8 Å². The van der Waals surface area contributed by atoms with Crippen LogP contribution in [0, 0.1) is 0 Å². The van der Waals surface area contributed by atoms with Crippen molar-refractivity contribution in [2.75, 3.05) is 0 Å². The van der Waals surface area contributed by atoms with Crippen LogP contribution >= 0.6 is 0 Å². The van der Waals surface area contributed by atoms with Gasteiger partial charge in [0.05, 0.1) is 5.69 Å². The van der Waals surface area contributed by atoms with Gasteiger partial charge < -0.3 is 0 Å². The van der Waals surface area contributed by atoms with Gasteiger partial charge >= 0.3 is 0 Å². The number of hydrogen-bond donors (Lipinski definition) is 1. The van der Waals surface area contributed by atoms with Gasteiger partial charge in [-0.1, -0.05) is 12.1 Å². The highest BCUT2D eigenvalue weighted by Gasteiger charge is 2.25. The van der Waals surface area contributed by atoms with Crippen LogP contribution < -0.4 is 5.32 Å². The summed E-state index contributed by atoms with van der Waals surface area (Å²) in [6.45, 7) is 0. The van der Waals surface area contributed by atoms with Crippen LogP contribution in [-0.2, 0) is 0 Å². The minimum Gasteiger partial charge on any atom is -0.288 e. The maximum absolute atomic E-state index is 12.0. The molecule has 5 nitrogen and oxygen atoms in total. The van der Waals surface area contributed by atoms with Crippen molar-refractivity contribution in [2.24, 2.45) is 4.99 Å². The third kappa shape index (κ3) is 2.19. The van der Waals surface area contributed by atoms with Gasteiger partial charge in [0.2, 0.25) is 0 Å². The monoisotopic (exact) mass is 301 g/mol. The van der Waals surface area contributed by atoms with Crippen LogP contribution in [0.1, 0.15) is 26.3 Å². The molecule has 110 valence electrons. The summed E-state index contributed by atoms with van der Waals surface area (Å²) < 4.78 is 0. The molecule has 0 bridgehead atoms. The van der Waals surface area contributed by atoms with Crippen molar-refractivity contribution in [3.63, 3.8) is 0 Å². The Kier molecular flexibility index (Phi) is 2.98. The average Bonchev–Trinajstić information content (AvgIpc) is 2.59. The number of aliphatic imine (C=N–C) groups is 1. The van der Waals surface area contributed by atoms with Gasteiger partial charge in [0, 0.05) is 40.5 Å². The molecule has 4 rings (SSSR count). The van der Waals surface area contributed by atoms with E-state index in [0.717, 1.165) is 10.9 Å². The van der Waals surface area contributed by atoms with Gasteiger partial charge in [-0.3, -0.25) is 24.9 Å². The van der Waals surface area contributed by atoms with E-state index in [0.29, 0.717) is 22.2 Å². The molecule has 0 saturated heterocycles. The van der Waals surface area contributed by atoms with E-state index < -0.39 is 0 Å². The molecule has 1 N–H and O–H groups in total. The van der Waals surface area contributed by atoms with Gasteiger partial charge in [-0.25, -0.2) is 0 Å². The number of nitrogens with one attached hydrogen (secondary N) is 1. The fraction of sp³-hybridized carbons (Fsp3) is 0. The van der Waals surface area contributed by atoms with Crippen LogP contribution in [-0.4, -0.2) is 23.0 Å². The number of carbonyl (C=O) groups excluding carboxylic acids is 2. The minimum absolute atomic E-state index is 0.372. The number of imide groups is 1. The van der Waals surface area contributed by atoms with Gasteiger partial charge in [0.15, 0.2) is 0 Å². The van der Waals surface area contributed by atoms with Crippen molar-refractivity contribution in [1.29, 1.82) is 0 Å². The Bertz CT molecular complexity index is 958. The van der Waals surface area contributed by atoms with E-state index in [4.69, 9.17) is 0 Å². The first kappa shape index (κ1) is 13.3. The first-order chi connectivity index (χ1) is 11.2. The van der Waals surface area contributed by atoms with Crippen molar-refractivity contribution >= 4 is 34.5 Å². The zero-order valence-corrected chi connectivity index (χ0v) is 12.0. The van der Waals surface area contributed by atoms with Gasteiger partial charge in [-0.2, -0.15) is 0 Å². The standard InChI is InChI=1S/C18H11N3O2/c22-17-13-3-1-2-12-15(20-10-11-6-8-19-9-7-11)5-4-14(16(12)13)18(23)21-17/h1-10H,(H,21,22,23). The normalized spacial score (nSPS) is 13.6. The summed E-state index contributed by atoms with van der Waals surface area (Å²) in [6.07, 6.45) is 5.13. The lowest BCUT2D eigenvalue weighted by Crippen LogP contribution is -2.34. The second-order valence-electron chi connectivity index (χ2n) is 5.18. The molecule has 0 fully saturated rings. The van der Waals surface area contributed by atoms with Crippen LogP contribution in [0.5, 0.6) is 0 Å². The second-order valence-corrected chi connectivity index (χ2v) is 5.18. The third-order valence-electron chi connectivity index (χ3n) is 3.79. The number of benzene rings is 2. The van der Waals surface area contributed by atoms with Crippen molar-refractivity contribution in [3.05, 3.63) is 71.5 Å². The zero-order chi connectivity index (χ0) is 15.8. The summed E-state index contributed by atoms with van der Waals surface area (Å²) in [5.41, 5.74) is 2.63. The highest BCUT2D eigenvalue weighted by atomic mass is 16.2. The number of carbonyl (C=O) groups is 2. The first-order valence-electron chi connectivity index (χ1n) is 7.09. The molecule has 2 aromatic carbocycles. The van der Waals surface area contributed by atoms with Crippen LogP contribution in [0.3, 0.4) is 0 Å². The molecular formula is C18H11N3O2. The largest absolute Gasteiger partial charge is 0.288 e. The maximum atomic E-state index is 12.0. The number of pyridine rings is 1. The van der Waals surface area contributed by atoms with Gasteiger partial charge in [-0.15, -0.1) is 0 Å². The van der Waals surface area contributed by atoms with Crippen LogP contribution in [0.15, 0.2) is 59.9 Å². The highest BCUT2D eigenvalue weighted by molar-refractivity contribution is 6.26. The van der Waals surface area contributed by atoms with E-state index in [1.165, 1.54) is 0 Å². The molecule has 1 aliphatic heterocycles. The summed E-state index contributed by atoms with van der Waals surface area (Å²) in [5.74, 6) is -0.744. The predicted molar refractivity (Wildman–Crippen MR) is 87.2 cm³/mol. The number of nitrogens with zero attached hydrogens (tertiary/aromatic N) is 2. The lowest BCUT2D eigenvalue weighted by Gasteiger charge is -2.17. The molecular weight excluding hydrogens is 290 g/mol. The quantitative estimate of drug-likeness (QED) is 0.584. The molecule has 0 radical (unpaired) electrons. The fourth-order valence-corrected chi connectivity index (χ4v) is 2.71. The molecule has 0 unspecified atom stereocenters. The topological polar surface area (TPSA) is 71.4 Å². The maximum Gasteiger partial charge on any atom is 0.258 e. The third-order valence-corrected chi connectivity index (χ3v) is 3.79. The Hall–Kier alpha value is -3.34. The Morgan fingerprint density at radius 2 is 1.65 bits per heavy atom. The van der Waals surface area contributed by atoms with Crippen molar-refractivity contribution < 1.29 is 9.59 Å². The lowest BCUT2D eigenvalue weighted by molar-refractivity contribution is 0.0845. The van der Waals surface area contributed by atoms with Crippen LogP contribution in [0.4, 0.5) is 5.69 Å². The van der Waals surface area contributed by atoms with Gasteiger partial charge in [0.25, 0.3) is 11.8 Å². The summed E-state index contributed by atoms with van der Waals surface area (Å²) in [5, 5.41) is 3.79. The Morgan fingerprint density at radius 3 is 2.43 bits per heavy atom. The first-order valence-corrected chi connectivity index (χ1v) is 7.09. The minimum atomic E-state index is -0.372. The molecule has 0 saturated carbocycles.